The fourth-order valence-corrected chi connectivity index (χ4v) is 1.68. The van der Waals surface area contributed by atoms with Gasteiger partial charge < -0.3 is 16.2 Å². The van der Waals surface area contributed by atoms with Gasteiger partial charge in [0.15, 0.2) is 0 Å². The quantitative estimate of drug-likeness (QED) is 0.705. The summed E-state index contributed by atoms with van der Waals surface area (Å²) in [5, 5.41) is 12.8. The lowest BCUT2D eigenvalue weighted by Gasteiger charge is -2.23. The van der Waals surface area contributed by atoms with Gasteiger partial charge >= 0.3 is 0 Å². The summed E-state index contributed by atoms with van der Waals surface area (Å²) in [4.78, 5) is 11.6. The maximum atomic E-state index is 11.6. The zero-order valence-corrected chi connectivity index (χ0v) is 11.7. The van der Waals surface area contributed by atoms with E-state index in [0.29, 0.717) is 5.69 Å². The minimum absolute atomic E-state index is 0.191. The normalized spacial score (nSPS) is 13.2. The van der Waals surface area contributed by atoms with Crippen LogP contribution in [-0.4, -0.2) is 17.1 Å². The van der Waals surface area contributed by atoms with E-state index >= 15 is 0 Å². The van der Waals surface area contributed by atoms with Crippen LogP contribution in [0.3, 0.4) is 0 Å². The van der Waals surface area contributed by atoms with E-state index < -0.39 is 6.04 Å². The molecule has 0 aliphatic rings. The average molecular weight is 250 g/mol. The van der Waals surface area contributed by atoms with E-state index in [0.717, 1.165) is 11.1 Å². The topological polar surface area (TPSA) is 75.4 Å². The first-order valence-corrected chi connectivity index (χ1v) is 6.03. The Morgan fingerprint density at radius 1 is 1.39 bits per heavy atom. The van der Waals surface area contributed by atoms with Crippen molar-refractivity contribution >= 4 is 11.6 Å². The van der Waals surface area contributed by atoms with Gasteiger partial charge in [0.25, 0.3) is 0 Å². The molecule has 1 aromatic rings. The summed E-state index contributed by atoms with van der Waals surface area (Å²) in [7, 11) is 0. The van der Waals surface area contributed by atoms with Crippen LogP contribution in [0.5, 0.6) is 5.75 Å². The predicted molar refractivity (Wildman–Crippen MR) is 73.8 cm³/mol. The number of benzene rings is 1. The van der Waals surface area contributed by atoms with Crippen molar-refractivity contribution in [1.82, 2.24) is 0 Å². The van der Waals surface area contributed by atoms with Crippen molar-refractivity contribution in [2.75, 3.05) is 5.32 Å². The van der Waals surface area contributed by atoms with Crippen LogP contribution in [0.25, 0.3) is 0 Å². The van der Waals surface area contributed by atoms with Gasteiger partial charge in [-0.1, -0.05) is 20.8 Å². The molecule has 100 valence electrons. The van der Waals surface area contributed by atoms with Crippen molar-refractivity contribution in [2.24, 2.45) is 5.73 Å². The second kappa shape index (κ2) is 4.98. The predicted octanol–water partition coefficient (Wildman–Crippen LogP) is 2.28. The first-order chi connectivity index (χ1) is 8.12. The van der Waals surface area contributed by atoms with E-state index in [1.54, 1.807) is 19.1 Å². The Labute approximate surface area is 108 Å². The summed E-state index contributed by atoms with van der Waals surface area (Å²) in [6.45, 7) is 9.48. The van der Waals surface area contributed by atoms with E-state index in [9.17, 15) is 9.90 Å². The number of aryl methyl sites for hydroxylation is 1. The number of nitrogens with two attached hydrogens (primary N) is 1. The lowest BCUT2D eigenvalue weighted by Crippen LogP contribution is -2.32. The van der Waals surface area contributed by atoms with Gasteiger partial charge in [-0.25, -0.2) is 0 Å². The Kier molecular flexibility index (Phi) is 4.02. The van der Waals surface area contributed by atoms with Crippen LogP contribution in [-0.2, 0) is 10.2 Å². The minimum atomic E-state index is -0.558. The van der Waals surface area contributed by atoms with E-state index in [-0.39, 0.29) is 17.1 Å². The molecule has 1 unspecified atom stereocenters. The summed E-state index contributed by atoms with van der Waals surface area (Å²) in [5.41, 5.74) is 7.53. The fourth-order valence-electron chi connectivity index (χ4n) is 1.68. The van der Waals surface area contributed by atoms with Gasteiger partial charge in [0.2, 0.25) is 5.91 Å². The van der Waals surface area contributed by atoms with E-state index in [4.69, 9.17) is 5.73 Å². The standard InChI is InChI=1S/C14H22N2O2/c1-8-6-10(16-13(18)9(2)15)7-11(12(8)17)14(3,4)5/h6-7,9,17H,15H2,1-5H3,(H,16,18). The van der Waals surface area contributed by atoms with Gasteiger partial charge in [-0.2, -0.15) is 0 Å². The molecule has 0 radical (unpaired) electrons. The van der Waals surface area contributed by atoms with Gasteiger partial charge in [-0.3, -0.25) is 4.79 Å². The number of anilines is 1. The van der Waals surface area contributed by atoms with Crippen LogP contribution in [0.1, 0.15) is 38.8 Å². The molecule has 0 saturated carbocycles. The summed E-state index contributed by atoms with van der Waals surface area (Å²) in [6.07, 6.45) is 0. The lowest BCUT2D eigenvalue weighted by atomic mass is 9.85. The maximum absolute atomic E-state index is 11.6. The molecular weight excluding hydrogens is 228 g/mol. The molecule has 0 spiro atoms. The average Bonchev–Trinajstić information content (AvgIpc) is 2.21. The van der Waals surface area contributed by atoms with Crippen molar-refractivity contribution in [2.45, 2.75) is 46.1 Å². The van der Waals surface area contributed by atoms with Crippen LogP contribution >= 0.6 is 0 Å². The first kappa shape index (κ1) is 14.5. The number of carbonyl (C=O) groups excluding carboxylic acids is 1. The van der Waals surface area contributed by atoms with Gasteiger partial charge in [0.05, 0.1) is 6.04 Å². The molecule has 1 atom stereocenters. The van der Waals surface area contributed by atoms with Gasteiger partial charge in [-0.05, 0) is 37.0 Å². The van der Waals surface area contributed by atoms with Gasteiger partial charge in [0, 0.05) is 11.3 Å². The first-order valence-electron chi connectivity index (χ1n) is 6.03. The molecular formula is C14H22N2O2. The van der Waals surface area contributed by atoms with Gasteiger partial charge in [0.1, 0.15) is 5.75 Å². The molecule has 4 heteroatoms. The summed E-state index contributed by atoms with van der Waals surface area (Å²) in [5.74, 6) is 0.0428. The van der Waals surface area contributed by atoms with Crippen LogP contribution in [0.4, 0.5) is 5.69 Å². The van der Waals surface area contributed by atoms with E-state index in [1.807, 2.05) is 27.7 Å². The number of phenols is 1. The van der Waals surface area contributed by atoms with Crippen molar-refractivity contribution in [3.63, 3.8) is 0 Å². The summed E-state index contributed by atoms with van der Waals surface area (Å²) >= 11 is 0. The zero-order chi connectivity index (χ0) is 14.1. The smallest absolute Gasteiger partial charge is 0.240 e. The highest BCUT2D eigenvalue weighted by atomic mass is 16.3. The Bertz CT molecular complexity index is 460. The zero-order valence-electron chi connectivity index (χ0n) is 11.7. The fraction of sp³-hybridized carbons (Fsp3) is 0.500. The maximum Gasteiger partial charge on any atom is 0.240 e. The summed E-state index contributed by atoms with van der Waals surface area (Å²) in [6, 6.07) is 2.98. The van der Waals surface area contributed by atoms with Crippen molar-refractivity contribution in [3.05, 3.63) is 23.3 Å². The molecule has 0 aliphatic carbocycles. The molecule has 4 N–H and O–H groups in total. The number of rotatable bonds is 2. The third-order valence-electron chi connectivity index (χ3n) is 2.79. The Hall–Kier alpha value is -1.55. The third kappa shape index (κ3) is 3.23. The number of nitrogens with one attached hydrogen (secondary N) is 1. The SMILES string of the molecule is Cc1cc(NC(=O)C(C)N)cc(C(C)(C)C)c1O. The van der Waals surface area contributed by atoms with Crippen molar-refractivity contribution in [1.29, 1.82) is 0 Å². The highest BCUT2D eigenvalue weighted by molar-refractivity contribution is 5.94. The monoisotopic (exact) mass is 250 g/mol. The highest BCUT2D eigenvalue weighted by Gasteiger charge is 2.20. The molecule has 0 bridgehead atoms. The molecule has 18 heavy (non-hydrogen) atoms. The molecule has 1 aromatic carbocycles. The van der Waals surface area contributed by atoms with Crippen LogP contribution in [0.2, 0.25) is 0 Å². The Balaban J connectivity index is 3.17. The molecule has 0 aliphatic heterocycles. The molecule has 1 amide bonds. The van der Waals surface area contributed by atoms with Crippen molar-refractivity contribution in [3.8, 4) is 5.75 Å². The molecule has 0 heterocycles. The second-order valence-corrected chi connectivity index (χ2v) is 5.72. The Morgan fingerprint density at radius 2 is 1.94 bits per heavy atom. The number of carbonyl (C=O) groups is 1. The lowest BCUT2D eigenvalue weighted by molar-refractivity contribution is -0.117. The largest absolute Gasteiger partial charge is 0.507 e. The number of amides is 1. The molecule has 0 fully saturated rings. The van der Waals surface area contributed by atoms with Gasteiger partial charge in [-0.15, -0.1) is 0 Å². The second-order valence-electron chi connectivity index (χ2n) is 5.72. The number of aromatic hydroxyl groups is 1. The summed E-state index contributed by atoms with van der Waals surface area (Å²) < 4.78 is 0. The molecule has 4 nitrogen and oxygen atoms in total. The van der Waals surface area contributed by atoms with Crippen molar-refractivity contribution < 1.29 is 9.90 Å². The van der Waals surface area contributed by atoms with Crippen LogP contribution in [0, 0.1) is 6.92 Å². The van der Waals surface area contributed by atoms with E-state index in [1.165, 1.54) is 0 Å². The van der Waals surface area contributed by atoms with E-state index in [2.05, 4.69) is 5.32 Å². The molecule has 0 saturated heterocycles. The van der Waals surface area contributed by atoms with Crippen LogP contribution < -0.4 is 11.1 Å². The minimum Gasteiger partial charge on any atom is -0.507 e. The van der Waals surface area contributed by atoms with Crippen LogP contribution in [0.15, 0.2) is 12.1 Å². The Morgan fingerprint density at radius 3 is 2.39 bits per heavy atom. The number of hydrogen-bond donors (Lipinski definition) is 3. The number of phenolic OH excluding ortho intramolecular Hbond substituents is 1. The highest BCUT2D eigenvalue weighted by Crippen LogP contribution is 2.35. The third-order valence-corrected chi connectivity index (χ3v) is 2.79. The molecule has 1 rings (SSSR count). The number of hydrogen-bond acceptors (Lipinski definition) is 3. The molecule has 0 aromatic heterocycles.